The molecule has 0 radical (unpaired) electrons. The van der Waals surface area contributed by atoms with Gasteiger partial charge in [-0.15, -0.1) is 11.3 Å². The molecule has 0 fully saturated rings. The molecule has 4 aromatic rings. The smallest absolute Gasteiger partial charge is 0.263 e. The molecule has 2 N–H and O–H groups in total. The van der Waals surface area contributed by atoms with Crippen molar-refractivity contribution in [2.75, 3.05) is 24.9 Å². The highest BCUT2D eigenvalue weighted by molar-refractivity contribution is 7.14. The van der Waals surface area contributed by atoms with E-state index in [9.17, 15) is 4.79 Å². The van der Waals surface area contributed by atoms with Crippen LogP contribution in [0, 0.1) is 0 Å². The molecule has 1 aromatic heterocycles. The maximum atomic E-state index is 12.8. The van der Waals surface area contributed by atoms with Crippen LogP contribution in [0.5, 0.6) is 11.5 Å². The van der Waals surface area contributed by atoms with Gasteiger partial charge in [-0.3, -0.25) is 4.79 Å². The first-order chi connectivity index (χ1) is 15.6. The Labute approximate surface area is 194 Å². The van der Waals surface area contributed by atoms with Gasteiger partial charge < -0.3 is 20.1 Å². The maximum Gasteiger partial charge on any atom is 0.263 e. The van der Waals surface area contributed by atoms with Gasteiger partial charge in [0, 0.05) is 16.6 Å². The van der Waals surface area contributed by atoms with Gasteiger partial charge in [-0.1, -0.05) is 41.9 Å². The van der Waals surface area contributed by atoms with Crippen molar-refractivity contribution in [3.8, 4) is 22.8 Å². The first-order valence-corrected chi connectivity index (χ1v) is 10.9. The lowest BCUT2D eigenvalue weighted by Gasteiger charge is -2.13. The average molecular weight is 466 g/mol. The van der Waals surface area contributed by atoms with Crippen molar-refractivity contribution in [1.82, 2.24) is 4.98 Å². The van der Waals surface area contributed by atoms with Crippen molar-refractivity contribution in [1.29, 1.82) is 0 Å². The number of ether oxygens (including phenoxy) is 2. The Morgan fingerprint density at radius 3 is 2.28 bits per heavy atom. The minimum absolute atomic E-state index is 0.313. The molecule has 3 aromatic carbocycles. The predicted molar refractivity (Wildman–Crippen MR) is 130 cm³/mol. The number of halogens is 1. The van der Waals surface area contributed by atoms with Gasteiger partial charge in [-0.2, -0.15) is 0 Å². The van der Waals surface area contributed by atoms with Crippen LogP contribution in [-0.2, 0) is 0 Å². The van der Waals surface area contributed by atoms with Gasteiger partial charge in [0.2, 0.25) is 0 Å². The van der Waals surface area contributed by atoms with Crippen molar-refractivity contribution in [3.05, 3.63) is 82.7 Å². The number of amides is 1. The maximum absolute atomic E-state index is 12.8. The highest BCUT2D eigenvalue weighted by Gasteiger charge is 2.18. The van der Waals surface area contributed by atoms with Crippen LogP contribution in [0.2, 0.25) is 5.02 Å². The third-order valence-electron chi connectivity index (χ3n) is 4.71. The SMILES string of the molecule is COc1cccc(OC)c1C(=O)Nc1ccc(-c2csc(Nc3ccccc3Cl)n2)cc1. The molecular weight excluding hydrogens is 446 g/mol. The van der Waals surface area contributed by atoms with Gasteiger partial charge in [-0.05, 0) is 36.4 Å². The molecule has 1 heterocycles. The number of nitrogens with one attached hydrogen (secondary N) is 2. The molecule has 0 atom stereocenters. The fourth-order valence-electron chi connectivity index (χ4n) is 3.13. The van der Waals surface area contributed by atoms with Crippen LogP contribution < -0.4 is 20.1 Å². The summed E-state index contributed by atoms with van der Waals surface area (Å²) in [5, 5.41) is 9.47. The number of methoxy groups -OCH3 is 2. The number of aromatic nitrogens is 1. The molecular formula is C24H20ClN3O3S. The number of carbonyl (C=O) groups excluding carboxylic acids is 1. The molecule has 0 bridgehead atoms. The highest BCUT2D eigenvalue weighted by atomic mass is 35.5. The van der Waals surface area contributed by atoms with E-state index in [0.717, 1.165) is 22.1 Å². The van der Waals surface area contributed by atoms with Crippen LogP contribution >= 0.6 is 22.9 Å². The fourth-order valence-corrected chi connectivity index (χ4v) is 4.05. The third-order valence-corrected chi connectivity index (χ3v) is 5.80. The highest BCUT2D eigenvalue weighted by Crippen LogP contribution is 2.31. The van der Waals surface area contributed by atoms with E-state index in [1.807, 2.05) is 53.9 Å². The summed E-state index contributed by atoms with van der Waals surface area (Å²) >= 11 is 7.69. The number of rotatable bonds is 7. The molecule has 6 nitrogen and oxygen atoms in total. The van der Waals surface area contributed by atoms with E-state index < -0.39 is 0 Å². The van der Waals surface area contributed by atoms with E-state index in [1.165, 1.54) is 25.6 Å². The van der Waals surface area contributed by atoms with Crippen LogP contribution in [0.15, 0.2) is 72.1 Å². The van der Waals surface area contributed by atoms with Crippen molar-refractivity contribution >= 4 is 45.4 Å². The van der Waals surface area contributed by atoms with Gasteiger partial charge in [0.15, 0.2) is 5.13 Å². The van der Waals surface area contributed by atoms with Gasteiger partial charge in [0.25, 0.3) is 5.91 Å². The second-order valence-electron chi connectivity index (χ2n) is 6.71. The summed E-state index contributed by atoms with van der Waals surface area (Å²) in [6, 6.07) is 20.2. The topological polar surface area (TPSA) is 72.5 Å². The quantitative estimate of drug-likeness (QED) is 0.327. The summed E-state index contributed by atoms with van der Waals surface area (Å²) in [7, 11) is 3.03. The monoisotopic (exact) mass is 465 g/mol. The lowest BCUT2D eigenvalue weighted by atomic mass is 10.1. The predicted octanol–water partition coefficient (Wildman–Crippen LogP) is 6.48. The second-order valence-corrected chi connectivity index (χ2v) is 7.98. The van der Waals surface area contributed by atoms with Crippen molar-refractivity contribution in [3.63, 3.8) is 0 Å². The molecule has 32 heavy (non-hydrogen) atoms. The van der Waals surface area contributed by atoms with Crippen LogP contribution in [0.1, 0.15) is 10.4 Å². The molecule has 0 saturated carbocycles. The van der Waals surface area contributed by atoms with Crippen molar-refractivity contribution in [2.24, 2.45) is 0 Å². The molecule has 0 aliphatic heterocycles. The summed E-state index contributed by atoms with van der Waals surface area (Å²) in [5.74, 6) is 0.575. The molecule has 0 aliphatic rings. The van der Waals surface area contributed by atoms with Gasteiger partial charge in [-0.25, -0.2) is 4.98 Å². The first kappa shape index (κ1) is 21.7. The molecule has 0 spiro atoms. The molecule has 4 rings (SSSR count). The van der Waals surface area contributed by atoms with Crippen LogP contribution in [0.25, 0.3) is 11.3 Å². The zero-order valence-electron chi connectivity index (χ0n) is 17.4. The summed E-state index contributed by atoms with van der Waals surface area (Å²) in [6.07, 6.45) is 0. The lowest BCUT2D eigenvalue weighted by molar-refractivity contribution is 0.102. The summed E-state index contributed by atoms with van der Waals surface area (Å²) < 4.78 is 10.6. The van der Waals surface area contributed by atoms with E-state index in [-0.39, 0.29) is 5.91 Å². The minimum atomic E-state index is -0.313. The van der Waals surface area contributed by atoms with E-state index in [4.69, 9.17) is 21.1 Å². The van der Waals surface area contributed by atoms with Gasteiger partial charge in [0.05, 0.1) is 30.6 Å². The van der Waals surface area contributed by atoms with E-state index in [2.05, 4.69) is 15.6 Å². The number of thiazole rings is 1. The number of carbonyl (C=O) groups is 1. The third kappa shape index (κ3) is 4.69. The van der Waals surface area contributed by atoms with E-state index in [0.29, 0.717) is 27.8 Å². The fraction of sp³-hybridized carbons (Fsp3) is 0.0833. The first-order valence-electron chi connectivity index (χ1n) is 9.69. The summed E-state index contributed by atoms with van der Waals surface area (Å²) in [5.41, 5.74) is 3.56. The summed E-state index contributed by atoms with van der Waals surface area (Å²) in [4.78, 5) is 17.5. The molecule has 1 amide bonds. The van der Waals surface area contributed by atoms with Crippen molar-refractivity contribution < 1.29 is 14.3 Å². The van der Waals surface area contributed by atoms with Crippen LogP contribution in [-0.4, -0.2) is 25.1 Å². The number of para-hydroxylation sites is 1. The Hall–Kier alpha value is -3.55. The second kappa shape index (κ2) is 9.72. The Balaban J connectivity index is 1.48. The van der Waals surface area contributed by atoms with E-state index >= 15 is 0 Å². The zero-order chi connectivity index (χ0) is 22.5. The standard InChI is InChI=1S/C24H20ClN3O3S/c1-30-20-8-5-9-21(31-2)22(20)23(29)26-16-12-10-15(11-13-16)19-14-32-24(28-19)27-18-7-4-3-6-17(18)25/h3-14H,1-2H3,(H,26,29)(H,27,28). The van der Waals surface area contributed by atoms with Crippen LogP contribution in [0.3, 0.4) is 0 Å². The largest absolute Gasteiger partial charge is 0.496 e. The van der Waals surface area contributed by atoms with Gasteiger partial charge >= 0.3 is 0 Å². The minimum Gasteiger partial charge on any atom is -0.496 e. The van der Waals surface area contributed by atoms with Gasteiger partial charge in [0.1, 0.15) is 17.1 Å². The number of nitrogens with zero attached hydrogens (tertiary/aromatic N) is 1. The number of hydrogen-bond donors (Lipinski definition) is 2. The molecule has 8 heteroatoms. The normalized spacial score (nSPS) is 10.5. The van der Waals surface area contributed by atoms with Crippen molar-refractivity contribution in [2.45, 2.75) is 0 Å². The summed E-state index contributed by atoms with van der Waals surface area (Å²) in [6.45, 7) is 0. The Kier molecular flexibility index (Phi) is 6.58. The Morgan fingerprint density at radius 2 is 1.62 bits per heavy atom. The number of hydrogen-bond acceptors (Lipinski definition) is 6. The Bertz CT molecular complexity index is 1220. The van der Waals surface area contributed by atoms with Crippen LogP contribution in [0.4, 0.5) is 16.5 Å². The Morgan fingerprint density at radius 1 is 0.938 bits per heavy atom. The molecule has 162 valence electrons. The molecule has 0 aliphatic carbocycles. The average Bonchev–Trinajstić information content (AvgIpc) is 3.29. The number of benzene rings is 3. The van der Waals surface area contributed by atoms with E-state index in [1.54, 1.807) is 18.2 Å². The molecule has 0 unspecified atom stereocenters. The lowest BCUT2D eigenvalue weighted by Crippen LogP contribution is -2.14. The number of anilines is 3. The molecule has 0 saturated heterocycles. The zero-order valence-corrected chi connectivity index (χ0v) is 19.0.